The van der Waals surface area contributed by atoms with Gasteiger partial charge in [0.1, 0.15) is 0 Å². The molecule has 0 bridgehead atoms. The standard InChI is InChI=1S/2AsHO2.4H2O.Sr/c2*2-1-3;;;;;/h2*(H,2,3);4*1H2;/q;;;;;;+2/p-2. The summed E-state index contributed by atoms with van der Waals surface area (Å²) in [5.41, 5.74) is 0. The summed E-state index contributed by atoms with van der Waals surface area (Å²) < 4.78 is 33.9. The molecule has 0 aromatic heterocycles. The summed E-state index contributed by atoms with van der Waals surface area (Å²) in [6.07, 6.45) is 0. The predicted octanol–water partition coefficient (Wildman–Crippen LogP) is -7.06. The van der Waals surface area contributed by atoms with Gasteiger partial charge in [0.25, 0.3) is 0 Å². The Hall–Kier alpha value is 1.96. The summed E-state index contributed by atoms with van der Waals surface area (Å²) in [4.78, 5) is 0. The molecule has 0 aromatic rings. The van der Waals surface area contributed by atoms with Gasteiger partial charge in [-0.25, -0.2) is 0 Å². The third-order valence-electron chi connectivity index (χ3n) is 0. The van der Waals surface area contributed by atoms with Crippen LogP contribution in [0.5, 0.6) is 0 Å². The van der Waals surface area contributed by atoms with Crippen LogP contribution in [0.4, 0.5) is 0 Å². The maximum atomic E-state index is 8.47. The van der Waals surface area contributed by atoms with E-state index in [9.17, 15) is 0 Å². The van der Waals surface area contributed by atoms with Crippen LogP contribution in [0.1, 0.15) is 0 Å². The average Bonchev–Trinajstić information content (AvgIpc) is 1.39. The molecule has 68 valence electrons. The molecule has 11 heavy (non-hydrogen) atoms. The molecule has 0 fully saturated rings. The van der Waals surface area contributed by atoms with Crippen molar-refractivity contribution in [2.75, 3.05) is 0 Å². The second-order valence-corrected chi connectivity index (χ2v) is 0.775. The number of hydrogen-bond donors (Lipinski definition) is 0. The summed E-state index contributed by atoms with van der Waals surface area (Å²) in [6, 6.07) is 0. The zero-order valence-electron chi connectivity index (χ0n) is 5.23. The molecule has 0 aliphatic carbocycles. The molecule has 0 amide bonds. The largest absolute Gasteiger partial charge is 2.00 e. The Morgan fingerprint density at radius 1 is 0.727 bits per heavy atom. The van der Waals surface area contributed by atoms with Crippen LogP contribution in [0, 0.1) is 0 Å². The zero-order chi connectivity index (χ0) is 5.41. The third-order valence-corrected chi connectivity index (χ3v) is 0. The van der Waals surface area contributed by atoms with E-state index in [1.54, 1.807) is 0 Å². The molecule has 0 radical (unpaired) electrons. The molecule has 0 aromatic carbocycles. The van der Waals surface area contributed by atoms with Gasteiger partial charge >= 0.3 is 93.2 Å². The molecule has 0 aliphatic rings. The summed E-state index contributed by atoms with van der Waals surface area (Å²) >= 11 is -3.62. The second kappa shape index (κ2) is 91.7. The first-order valence-corrected chi connectivity index (χ1v) is 3.79. The van der Waals surface area contributed by atoms with Crippen LogP contribution in [-0.2, 0) is 7.48 Å². The van der Waals surface area contributed by atoms with Crippen LogP contribution in [0.15, 0.2) is 0 Å². The average molecular weight is 374 g/mol. The minimum Gasteiger partial charge on any atom is 2.00 e. The molecule has 0 saturated carbocycles. The smallest absolute Gasteiger partial charge is 2.00 e. The normalized spacial score (nSPS) is 3.82. The Labute approximate surface area is 113 Å². The minimum absolute atomic E-state index is 0. The van der Waals surface area contributed by atoms with Crippen molar-refractivity contribution in [1.82, 2.24) is 0 Å². The van der Waals surface area contributed by atoms with E-state index in [1.807, 2.05) is 0 Å². The molecule has 8 N–H and O–H groups in total. The fraction of sp³-hybridized carbons (Fsp3) is 0. The quantitative estimate of drug-likeness (QED) is 0.379. The monoisotopic (exact) mass is 374 g/mol. The van der Waals surface area contributed by atoms with Crippen molar-refractivity contribution in [3.8, 4) is 0 Å². The Kier molecular flexibility index (Phi) is 435. The van der Waals surface area contributed by atoms with Crippen molar-refractivity contribution in [1.29, 1.82) is 0 Å². The van der Waals surface area contributed by atoms with Crippen molar-refractivity contribution in [2.45, 2.75) is 0 Å². The van der Waals surface area contributed by atoms with Gasteiger partial charge in [0.2, 0.25) is 0 Å². The number of hydrogen-bond acceptors (Lipinski definition) is 4. The van der Waals surface area contributed by atoms with E-state index in [4.69, 9.17) is 15.7 Å². The van der Waals surface area contributed by atoms with E-state index in [2.05, 4.69) is 0 Å². The first-order chi connectivity index (χ1) is 2.83. The molecule has 0 spiro atoms. The fourth-order valence-electron chi connectivity index (χ4n) is 0. The second-order valence-electron chi connectivity index (χ2n) is 0.149. The maximum Gasteiger partial charge on any atom is 2.00 e. The van der Waals surface area contributed by atoms with E-state index in [0.29, 0.717) is 0 Å². The fourth-order valence-corrected chi connectivity index (χ4v) is 0. The van der Waals surface area contributed by atoms with E-state index >= 15 is 0 Å². The van der Waals surface area contributed by atoms with Crippen LogP contribution < -0.4 is 8.19 Å². The zero-order valence-corrected chi connectivity index (χ0v) is 12.5. The van der Waals surface area contributed by atoms with Gasteiger partial charge in [-0.1, -0.05) is 0 Å². The molecular formula is H8As2O8Sr. The third kappa shape index (κ3) is 309. The molecule has 0 unspecified atom stereocenters. The van der Waals surface area contributed by atoms with Crippen molar-refractivity contribution < 1.29 is 37.6 Å². The van der Waals surface area contributed by atoms with E-state index < -0.39 is 32.1 Å². The summed E-state index contributed by atoms with van der Waals surface area (Å²) in [5, 5.41) is 0. The van der Waals surface area contributed by atoms with Crippen LogP contribution in [0.25, 0.3) is 0 Å². The van der Waals surface area contributed by atoms with Crippen LogP contribution in [0.2, 0.25) is 0 Å². The van der Waals surface area contributed by atoms with E-state index in [-0.39, 0.29) is 67.4 Å². The Morgan fingerprint density at radius 3 is 0.727 bits per heavy atom. The Bertz CT molecular complexity index is 33.1. The SMILES string of the molecule is O.O.O.O.O=[As][O-].O=[As][O-].[Sr+2]. The van der Waals surface area contributed by atoms with Gasteiger partial charge in [-0.05, 0) is 0 Å². The first-order valence-electron chi connectivity index (χ1n) is 0.730. The van der Waals surface area contributed by atoms with Crippen molar-refractivity contribution in [3.63, 3.8) is 0 Å². The molecule has 0 aliphatic heterocycles. The van der Waals surface area contributed by atoms with Gasteiger partial charge in [-0.3, -0.25) is 0 Å². The van der Waals surface area contributed by atoms with Crippen LogP contribution in [0.3, 0.4) is 0 Å². The van der Waals surface area contributed by atoms with Crippen molar-refractivity contribution >= 4 is 77.5 Å². The van der Waals surface area contributed by atoms with Gasteiger partial charge in [-0.15, -0.1) is 0 Å². The van der Waals surface area contributed by atoms with Gasteiger partial charge in [0.05, 0.1) is 0 Å². The molecular weight excluding hydrogens is 365 g/mol. The van der Waals surface area contributed by atoms with Crippen molar-refractivity contribution in [3.05, 3.63) is 0 Å². The molecule has 0 saturated heterocycles. The number of rotatable bonds is 0. The summed E-state index contributed by atoms with van der Waals surface area (Å²) in [6.45, 7) is 0. The van der Waals surface area contributed by atoms with Crippen LogP contribution in [-0.4, -0.2) is 99.5 Å². The summed E-state index contributed by atoms with van der Waals surface area (Å²) in [5.74, 6) is 0. The molecule has 0 atom stereocenters. The van der Waals surface area contributed by atoms with Gasteiger partial charge in [0, 0.05) is 0 Å². The first kappa shape index (κ1) is 52.2. The predicted molar refractivity (Wildman–Crippen MR) is 33.1 cm³/mol. The summed E-state index contributed by atoms with van der Waals surface area (Å²) in [7, 11) is 0. The molecule has 0 rings (SSSR count). The Morgan fingerprint density at radius 2 is 0.727 bits per heavy atom. The van der Waals surface area contributed by atoms with E-state index in [1.165, 1.54) is 0 Å². The van der Waals surface area contributed by atoms with Crippen LogP contribution >= 0.6 is 0 Å². The van der Waals surface area contributed by atoms with E-state index in [0.717, 1.165) is 0 Å². The van der Waals surface area contributed by atoms with Crippen molar-refractivity contribution in [2.24, 2.45) is 0 Å². The topological polar surface area (TPSA) is 206 Å². The Balaban J connectivity index is -0.00000000400. The molecule has 0 heterocycles. The van der Waals surface area contributed by atoms with Gasteiger partial charge < -0.3 is 21.9 Å². The minimum atomic E-state index is -1.81. The molecule has 8 nitrogen and oxygen atoms in total. The van der Waals surface area contributed by atoms with Gasteiger partial charge in [-0.2, -0.15) is 0 Å². The maximum absolute atomic E-state index is 8.47. The van der Waals surface area contributed by atoms with Gasteiger partial charge in [0.15, 0.2) is 0 Å². The molecule has 11 heteroatoms.